The topological polar surface area (TPSA) is 108 Å². The Labute approximate surface area is 430 Å². The summed E-state index contributed by atoms with van der Waals surface area (Å²) in [5.74, 6) is -2.04. The average Bonchev–Trinajstić information content (AvgIpc) is 3.33. The van der Waals surface area contributed by atoms with E-state index in [4.69, 9.17) is 18.9 Å². The fourth-order valence-electron chi connectivity index (χ4n) is 7.84. The summed E-state index contributed by atoms with van der Waals surface area (Å²) in [7, 11) is 5.96. The molecule has 0 aromatic rings. The molecule has 0 amide bonds. The summed E-state index contributed by atoms with van der Waals surface area (Å²) < 4.78 is 22.9. The number of carboxylic acids is 1. The van der Waals surface area contributed by atoms with Gasteiger partial charge >= 0.3 is 17.9 Å². The lowest BCUT2D eigenvalue weighted by Gasteiger charge is -2.25. The molecule has 1 N–H and O–H groups in total. The smallest absolute Gasteiger partial charge is 0.361 e. The minimum absolute atomic E-state index is 0.180. The van der Waals surface area contributed by atoms with E-state index < -0.39 is 24.3 Å². The number of esters is 2. The van der Waals surface area contributed by atoms with Crippen LogP contribution in [-0.2, 0) is 33.3 Å². The molecule has 0 aliphatic rings. The number of carboxylic acid groups (broad SMARTS) is 1. The number of unbranched alkanes of at least 4 members (excludes halogenated alkanes) is 25. The van der Waals surface area contributed by atoms with Gasteiger partial charge in [0.15, 0.2) is 6.10 Å². The fraction of sp³-hybridized carbons (Fsp3) is 0.754. The maximum atomic E-state index is 12.9. The summed E-state index contributed by atoms with van der Waals surface area (Å²) in [5.41, 5.74) is 0. The number of ether oxygens (including phenoxy) is 4. The van der Waals surface area contributed by atoms with Gasteiger partial charge in [-0.3, -0.25) is 9.59 Å². The summed E-state index contributed by atoms with van der Waals surface area (Å²) in [6.45, 7) is 4.75. The van der Waals surface area contributed by atoms with Crippen molar-refractivity contribution < 1.29 is 42.9 Å². The Kier molecular flexibility index (Phi) is 49.6. The Bertz CT molecular complexity index is 1380. The Balaban J connectivity index is 4.32. The number of carbonyl (C=O) groups is 3. The molecule has 0 bridgehead atoms. The number of likely N-dealkylation sites (N-methyl/N-ethyl adjacent to an activating group) is 1. The predicted molar refractivity (Wildman–Crippen MR) is 295 cm³/mol. The maximum Gasteiger partial charge on any atom is 0.361 e. The van der Waals surface area contributed by atoms with Gasteiger partial charge in [-0.25, -0.2) is 4.79 Å². The van der Waals surface area contributed by atoms with Crippen molar-refractivity contribution in [1.29, 1.82) is 0 Å². The van der Waals surface area contributed by atoms with Gasteiger partial charge in [-0.2, -0.15) is 0 Å². The van der Waals surface area contributed by atoms with E-state index in [1.165, 1.54) is 122 Å². The van der Waals surface area contributed by atoms with Crippen LogP contribution in [0.15, 0.2) is 72.9 Å². The molecule has 0 heterocycles. The molecule has 70 heavy (non-hydrogen) atoms. The van der Waals surface area contributed by atoms with Crippen molar-refractivity contribution in [2.24, 2.45) is 0 Å². The first-order chi connectivity index (χ1) is 34.1. The molecule has 0 saturated heterocycles. The van der Waals surface area contributed by atoms with Crippen molar-refractivity contribution in [2.75, 3.05) is 47.5 Å². The van der Waals surface area contributed by atoms with Gasteiger partial charge in [0.1, 0.15) is 13.2 Å². The molecular formula is C61H108NO8+. The third-order valence-corrected chi connectivity index (χ3v) is 12.2. The number of hydrogen-bond acceptors (Lipinski definition) is 7. The number of allylic oxidation sites excluding steroid dienone is 12. The molecule has 0 rings (SSSR count). The van der Waals surface area contributed by atoms with Crippen molar-refractivity contribution in [1.82, 2.24) is 0 Å². The Morgan fingerprint density at radius 2 is 0.814 bits per heavy atom. The van der Waals surface area contributed by atoms with E-state index in [9.17, 15) is 19.5 Å². The van der Waals surface area contributed by atoms with Crippen molar-refractivity contribution in [3.8, 4) is 0 Å². The highest BCUT2D eigenvalue weighted by molar-refractivity contribution is 5.71. The van der Waals surface area contributed by atoms with E-state index >= 15 is 0 Å². The monoisotopic (exact) mass is 983 g/mol. The number of hydrogen-bond donors (Lipinski definition) is 1. The van der Waals surface area contributed by atoms with Crippen LogP contribution < -0.4 is 0 Å². The van der Waals surface area contributed by atoms with Crippen molar-refractivity contribution >= 4 is 17.9 Å². The molecule has 0 radical (unpaired) electrons. The highest BCUT2D eigenvalue weighted by atomic mass is 16.7. The molecule has 404 valence electrons. The van der Waals surface area contributed by atoms with Crippen LogP contribution in [0.5, 0.6) is 0 Å². The zero-order chi connectivity index (χ0) is 51.3. The van der Waals surface area contributed by atoms with Crippen molar-refractivity contribution in [2.45, 2.75) is 251 Å². The SMILES string of the molecule is CC/C=C\C/C=C\C/C=C\C/C=C\C/C=C\C/C=C\CCCCCCC(=O)OC(COC(=O)CCCCCCCCCCCCCCCCCCCCCCCC)COC(OCC[N+](C)(C)C)C(=O)O. The Morgan fingerprint density at radius 3 is 1.21 bits per heavy atom. The normalized spacial score (nSPS) is 13.3. The second-order valence-electron chi connectivity index (χ2n) is 20.2. The molecule has 2 atom stereocenters. The van der Waals surface area contributed by atoms with Crippen LogP contribution in [0.1, 0.15) is 239 Å². The number of carbonyl (C=O) groups excluding carboxylic acids is 2. The van der Waals surface area contributed by atoms with Gasteiger partial charge in [0.2, 0.25) is 0 Å². The van der Waals surface area contributed by atoms with E-state index in [0.29, 0.717) is 23.9 Å². The zero-order valence-corrected chi connectivity index (χ0v) is 45.9. The van der Waals surface area contributed by atoms with Crippen LogP contribution in [0.4, 0.5) is 0 Å². The molecule has 0 aliphatic carbocycles. The average molecular weight is 984 g/mol. The minimum Gasteiger partial charge on any atom is -0.477 e. The Morgan fingerprint density at radius 1 is 0.443 bits per heavy atom. The molecule has 0 fully saturated rings. The lowest BCUT2D eigenvalue weighted by Crippen LogP contribution is -2.40. The van der Waals surface area contributed by atoms with E-state index in [0.717, 1.165) is 83.5 Å². The molecule has 0 aliphatic heterocycles. The number of nitrogens with zero attached hydrogens (tertiary/aromatic N) is 1. The standard InChI is InChI=1S/C61H107NO8/c1-6-8-10-12-14-16-18-20-22-24-26-28-30-32-34-36-38-40-42-44-46-48-50-52-59(64)70-57(56-69-61(60(65)66)67-54-53-62(3,4)5)55-68-58(63)51-49-47-45-43-41-39-37-35-33-31-29-27-25-23-21-19-17-15-13-11-9-7-2/h8,10,14,16,20,22,26,28,32,34,38,40,57,61H,6-7,9,11-13,15,17-19,21,23-25,27,29-31,33,35-37,39,41-56H2,1-5H3/p+1/b10-8-,16-14-,22-20-,28-26-,34-32-,40-38-. The van der Waals surface area contributed by atoms with Gasteiger partial charge < -0.3 is 28.5 Å². The number of quaternary nitrogens is 1. The first-order valence-corrected chi connectivity index (χ1v) is 28.6. The van der Waals surface area contributed by atoms with Crippen LogP contribution in [-0.4, -0.2) is 87.4 Å². The summed E-state index contributed by atoms with van der Waals surface area (Å²) in [5, 5.41) is 9.70. The molecule has 0 saturated carbocycles. The molecule has 0 aromatic heterocycles. The van der Waals surface area contributed by atoms with E-state index in [1.54, 1.807) is 0 Å². The fourth-order valence-corrected chi connectivity index (χ4v) is 7.84. The lowest BCUT2D eigenvalue weighted by atomic mass is 10.0. The van der Waals surface area contributed by atoms with Gasteiger partial charge in [0.05, 0.1) is 34.4 Å². The van der Waals surface area contributed by atoms with Gasteiger partial charge in [-0.15, -0.1) is 0 Å². The van der Waals surface area contributed by atoms with Crippen LogP contribution >= 0.6 is 0 Å². The number of rotatable bonds is 52. The lowest BCUT2D eigenvalue weighted by molar-refractivity contribution is -0.870. The summed E-state index contributed by atoms with van der Waals surface area (Å²) >= 11 is 0. The third-order valence-electron chi connectivity index (χ3n) is 12.2. The van der Waals surface area contributed by atoms with Crippen LogP contribution in [0.3, 0.4) is 0 Å². The van der Waals surface area contributed by atoms with Crippen LogP contribution in [0.2, 0.25) is 0 Å². The quantitative estimate of drug-likeness (QED) is 0.0211. The Hall–Kier alpha value is -3.27. The van der Waals surface area contributed by atoms with Gasteiger partial charge in [-0.1, -0.05) is 234 Å². The molecule has 9 nitrogen and oxygen atoms in total. The molecule has 9 heteroatoms. The second-order valence-corrected chi connectivity index (χ2v) is 20.2. The van der Waals surface area contributed by atoms with Crippen LogP contribution in [0.25, 0.3) is 0 Å². The van der Waals surface area contributed by atoms with Crippen molar-refractivity contribution in [3.05, 3.63) is 72.9 Å². The van der Waals surface area contributed by atoms with Gasteiger partial charge in [-0.05, 0) is 64.2 Å². The predicted octanol–water partition coefficient (Wildman–Crippen LogP) is 16.6. The number of aliphatic carboxylic acids is 1. The van der Waals surface area contributed by atoms with Crippen LogP contribution in [0, 0.1) is 0 Å². The van der Waals surface area contributed by atoms with Gasteiger partial charge in [0.25, 0.3) is 6.29 Å². The molecular weight excluding hydrogens is 875 g/mol. The summed E-state index contributed by atoms with van der Waals surface area (Å²) in [6, 6.07) is 0. The zero-order valence-electron chi connectivity index (χ0n) is 45.9. The molecule has 0 aromatic carbocycles. The third kappa shape index (κ3) is 52.6. The summed E-state index contributed by atoms with van der Waals surface area (Å²) in [4.78, 5) is 37.4. The second kappa shape index (κ2) is 52.1. The minimum atomic E-state index is -1.52. The largest absolute Gasteiger partial charge is 0.477 e. The molecule has 2 unspecified atom stereocenters. The maximum absolute atomic E-state index is 12.9. The highest BCUT2D eigenvalue weighted by Crippen LogP contribution is 2.16. The van der Waals surface area contributed by atoms with E-state index in [-0.39, 0.29) is 32.2 Å². The van der Waals surface area contributed by atoms with E-state index in [2.05, 4.69) is 86.8 Å². The first kappa shape index (κ1) is 66.7. The van der Waals surface area contributed by atoms with Gasteiger partial charge in [0, 0.05) is 12.8 Å². The highest BCUT2D eigenvalue weighted by Gasteiger charge is 2.25. The molecule has 0 spiro atoms. The van der Waals surface area contributed by atoms with Crippen molar-refractivity contribution in [3.63, 3.8) is 0 Å². The summed E-state index contributed by atoms with van der Waals surface area (Å²) in [6.07, 6.45) is 64.0. The first-order valence-electron chi connectivity index (χ1n) is 28.6. The van der Waals surface area contributed by atoms with E-state index in [1.807, 2.05) is 21.1 Å².